The van der Waals surface area contributed by atoms with E-state index in [0.717, 1.165) is 12.1 Å². The number of alkyl halides is 5. The van der Waals surface area contributed by atoms with E-state index < -0.39 is 24.1 Å². The fourth-order valence-corrected chi connectivity index (χ4v) is 0.785. The highest BCUT2D eigenvalue weighted by molar-refractivity contribution is 5.29. The summed E-state index contributed by atoms with van der Waals surface area (Å²) in [6.45, 7) is -3.16. The normalized spacial score (nSPS) is 11.9. The first-order valence-corrected chi connectivity index (χ1v) is 3.43. The largest absolute Gasteiger partial charge is 0.434 e. The first kappa shape index (κ1) is 10.7. The van der Waals surface area contributed by atoms with Crippen molar-refractivity contribution < 1.29 is 26.7 Å². The molecule has 0 aliphatic heterocycles. The molecule has 0 saturated heterocycles. The fraction of sp³-hybridized carbons (Fsp3) is 0.250. The Balaban J connectivity index is 2.90. The Hall–Kier alpha value is -1.33. The number of rotatable bonds is 2. The standard InChI is InChI=1S/C8H4F5O/c9-7(10)14-6-3-1-2-5(4-6)8(11,12)13/h1-2,4,7H. The van der Waals surface area contributed by atoms with Crippen LogP contribution in [-0.4, -0.2) is 6.61 Å². The van der Waals surface area contributed by atoms with Crippen molar-refractivity contribution in [2.45, 2.75) is 12.8 Å². The highest BCUT2D eigenvalue weighted by Gasteiger charge is 2.30. The van der Waals surface area contributed by atoms with Crippen LogP contribution in [0, 0.1) is 6.07 Å². The summed E-state index contributed by atoms with van der Waals surface area (Å²) in [4.78, 5) is 0. The monoisotopic (exact) mass is 211 g/mol. The van der Waals surface area contributed by atoms with Crippen LogP contribution in [0.5, 0.6) is 5.75 Å². The summed E-state index contributed by atoms with van der Waals surface area (Å²) in [5.74, 6) is -0.630. The van der Waals surface area contributed by atoms with E-state index in [2.05, 4.69) is 10.8 Å². The summed E-state index contributed by atoms with van der Waals surface area (Å²) >= 11 is 0. The van der Waals surface area contributed by atoms with Gasteiger partial charge in [0.15, 0.2) is 0 Å². The lowest BCUT2D eigenvalue weighted by molar-refractivity contribution is -0.138. The van der Waals surface area contributed by atoms with Gasteiger partial charge in [0.25, 0.3) is 0 Å². The van der Waals surface area contributed by atoms with Crippen molar-refractivity contribution in [3.63, 3.8) is 0 Å². The Morgan fingerprint density at radius 3 is 2.43 bits per heavy atom. The van der Waals surface area contributed by atoms with Gasteiger partial charge in [0.1, 0.15) is 5.75 Å². The molecule has 1 aromatic rings. The molecule has 6 heteroatoms. The van der Waals surface area contributed by atoms with Gasteiger partial charge in [0.05, 0.1) is 5.56 Å². The van der Waals surface area contributed by atoms with E-state index in [9.17, 15) is 22.0 Å². The van der Waals surface area contributed by atoms with Crippen molar-refractivity contribution in [3.8, 4) is 5.75 Å². The first-order valence-electron chi connectivity index (χ1n) is 3.43. The zero-order valence-corrected chi connectivity index (χ0v) is 6.61. The van der Waals surface area contributed by atoms with Gasteiger partial charge in [-0.25, -0.2) is 0 Å². The third kappa shape index (κ3) is 2.86. The fourth-order valence-electron chi connectivity index (χ4n) is 0.785. The number of hydrogen-bond donors (Lipinski definition) is 0. The van der Waals surface area contributed by atoms with E-state index in [-0.39, 0.29) is 0 Å². The lowest BCUT2D eigenvalue weighted by Gasteiger charge is -2.08. The van der Waals surface area contributed by atoms with Gasteiger partial charge in [-0.3, -0.25) is 0 Å². The predicted octanol–water partition coefficient (Wildman–Crippen LogP) is 3.11. The zero-order chi connectivity index (χ0) is 10.8. The van der Waals surface area contributed by atoms with E-state index in [1.54, 1.807) is 0 Å². The smallest absolute Gasteiger partial charge is 0.416 e. The average Bonchev–Trinajstić information content (AvgIpc) is 2.01. The molecule has 0 bridgehead atoms. The van der Waals surface area contributed by atoms with Crippen molar-refractivity contribution in [2.75, 3.05) is 0 Å². The highest BCUT2D eigenvalue weighted by Crippen LogP contribution is 2.31. The van der Waals surface area contributed by atoms with Crippen molar-refractivity contribution in [1.29, 1.82) is 0 Å². The van der Waals surface area contributed by atoms with Gasteiger partial charge < -0.3 is 4.74 Å². The van der Waals surface area contributed by atoms with Crippen LogP contribution in [-0.2, 0) is 6.18 Å². The minimum atomic E-state index is -4.57. The van der Waals surface area contributed by atoms with E-state index in [1.165, 1.54) is 0 Å². The minimum Gasteiger partial charge on any atom is -0.434 e. The summed E-state index contributed by atoms with van der Waals surface area (Å²) in [5.41, 5.74) is -1.05. The minimum absolute atomic E-state index is 0.464. The first-order chi connectivity index (χ1) is 6.39. The van der Waals surface area contributed by atoms with Crippen LogP contribution in [0.2, 0.25) is 0 Å². The van der Waals surface area contributed by atoms with Crippen LogP contribution in [0.25, 0.3) is 0 Å². The van der Waals surface area contributed by atoms with Crippen molar-refractivity contribution in [3.05, 3.63) is 29.8 Å². The van der Waals surface area contributed by atoms with Gasteiger partial charge in [0, 0.05) is 6.07 Å². The lowest BCUT2D eigenvalue weighted by atomic mass is 10.2. The molecular formula is C8H4F5O. The quantitative estimate of drug-likeness (QED) is 0.683. The lowest BCUT2D eigenvalue weighted by Crippen LogP contribution is -2.07. The van der Waals surface area contributed by atoms with Crippen LogP contribution in [0.15, 0.2) is 18.2 Å². The zero-order valence-electron chi connectivity index (χ0n) is 6.61. The van der Waals surface area contributed by atoms with Gasteiger partial charge in [-0.1, -0.05) is 0 Å². The van der Waals surface area contributed by atoms with Crippen molar-refractivity contribution in [1.82, 2.24) is 0 Å². The molecule has 0 heterocycles. The van der Waals surface area contributed by atoms with Gasteiger partial charge in [-0.05, 0) is 18.2 Å². The van der Waals surface area contributed by atoms with Crippen LogP contribution >= 0.6 is 0 Å². The summed E-state index contributed by atoms with van der Waals surface area (Å²) in [6, 6.07) is 4.17. The van der Waals surface area contributed by atoms with E-state index in [1.807, 2.05) is 0 Å². The molecule has 77 valence electrons. The third-order valence-electron chi connectivity index (χ3n) is 1.32. The molecule has 0 spiro atoms. The molecule has 0 saturated carbocycles. The maximum atomic E-state index is 12.0. The maximum Gasteiger partial charge on any atom is 0.416 e. The molecule has 0 aliphatic carbocycles. The molecule has 1 aromatic carbocycles. The molecule has 0 aliphatic rings. The van der Waals surface area contributed by atoms with Gasteiger partial charge >= 0.3 is 12.8 Å². The maximum absolute atomic E-state index is 12.0. The van der Waals surface area contributed by atoms with E-state index in [4.69, 9.17) is 0 Å². The molecule has 0 amide bonds. The SMILES string of the molecule is FC(F)Oc1[c]ccc(C(F)(F)F)c1. The molecule has 0 N–H and O–H groups in total. The van der Waals surface area contributed by atoms with Gasteiger partial charge in [-0.15, -0.1) is 0 Å². The molecule has 0 fully saturated rings. The van der Waals surface area contributed by atoms with Gasteiger partial charge in [-0.2, -0.15) is 22.0 Å². The Labute approximate surface area is 76.1 Å². The molecule has 0 unspecified atom stereocenters. The second-order valence-corrected chi connectivity index (χ2v) is 2.32. The van der Waals surface area contributed by atoms with Crippen LogP contribution in [0.4, 0.5) is 22.0 Å². The molecule has 1 rings (SSSR count). The molecule has 1 nitrogen and oxygen atoms in total. The number of benzene rings is 1. The molecule has 14 heavy (non-hydrogen) atoms. The molecule has 0 atom stereocenters. The molecular weight excluding hydrogens is 207 g/mol. The third-order valence-corrected chi connectivity index (χ3v) is 1.32. The summed E-state index contributed by atoms with van der Waals surface area (Å²) < 4.78 is 63.2. The van der Waals surface area contributed by atoms with Crippen LogP contribution < -0.4 is 4.74 Å². The van der Waals surface area contributed by atoms with Crippen LogP contribution in [0.1, 0.15) is 5.56 Å². The number of hydrogen-bond acceptors (Lipinski definition) is 1. The summed E-state index contributed by atoms with van der Waals surface area (Å²) in [5, 5.41) is 0. The topological polar surface area (TPSA) is 9.23 Å². The highest BCUT2D eigenvalue weighted by atomic mass is 19.4. The van der Waals surface area contributed by atoms with Crippen molar-refractivity contribution in [2.24, 2.45) is 0 Å². The average molecular weight is 211 g/mol. The Morgan fingerprint density at radius 2 is 1.93 bits per heavy atom. The van der Waals surface area contributed by atoms with E-state index in [0.29, 0.717) is 6.07 Å². The van der Waals surface area contributed by atoms with E-state index >= 15 is 0 Å². The molecule has 0 aromatic heterocycles. The van der Waals surface area contributed by atoms with Crippen LogP contribution in [0.3, 0.4) is 0 Å². The Kier molecular flexibility index (Phi) is 2.93. The summed E-state index contributed by atoms with van der Waals surface area (Å²) in [7, 11) is 0. The predicted molar refractivity (Wildman–Crippen MR) is 36.9 cm³/mol. The second-order valence-electron chi connectivity index (χ2n) is 2.32. The Morgan fingerprint density at radius 1 is 1.29 bits per heavy atom. The number of halogens is 5. The van der Waals surface area contributed by atoms with Gasteiger partial charge in [0.2, 0.25) is 0 Å². The summed E-state index contributed by atoms with van der Waals surface area (Å²) in [6.07, 6.45) is -4.57. The Bertz CT molecular complexity index is 307. The van der Waals surface area contributed by atoms with Crippen molar-refractivity contribution >= 4 is 0 Å². The second kappa shape index (κ2) is 3.81. The number of ether oxygens (including phenoxy) is 1. The molecule has 1 radical (unpaired) electrons.